The van der Waals surface area contributed by atoms with Gasteiger partial charge in [0.1, 0.15) is 17.0 Å². The van der Waals surface area contributed by atoms with Crippen LogP contribution < -0.4 is 20.7 Å². The number of alkyl carbamates (subject to hydrolysis) is 1. The van der Waals surface area contributed by atoms with Gasteiger partial charge in [-0.3, -0.25) is 9.59 Å². The average molecular weight is 518 g/mol. The number of benzene rings is 2. The summed E-state index contributed by atoms with van der Waals surface area (Å²) in [5.74, 6) is -0.290. The van der Waals surface area contributed by atoms with Crippen molar-refractivity contribution in [1.29, 1.82) is 0 Å². The topological polar surface area (TPSA) is 129 Å². The Balaban J connectivity index is 1.42. The summed E-state index contributed by atoms with van der Waals surface area (Å²) in [4.78, 5) is 39.9. The van der Waals surface area contributed by atoms with Crippen molar-refractivity contribution in [2.45, 2.75) is 51.2 Å². The number of primary amides is 1. The molecule has 3 N–H and O–H groups in total. The van der Waals surface area contributed by atoms with Gasteiger partial charge < -0.3 is 25.4 Å². The molecule has 38 heavy (non-hydrogen) atoms. The highest BCUT2D eigenvalue weighted by molar-refractivity contribution is 6.09. The number of hydrogen-bond acceptors (Lipinski definition) is 6. The molecule has 2 aliphatic rings. The molecule has 198 valence electrons. The molecule has 0 bridgehead atoms. The molecule has 1 saturated carbocycles. The number of nitrogens with zero attached hydrogens (tertiary/aromatic N) is 3. The van der Waals surface area contributed by atoms with Gasteiger partial charge in [0.2, 0.25) is 0 Å². The molecule has 10 heteroatoms. The maximum Gasteiger partial charge on any atom is 0.408 e. The van der Waals surface area contributed by atoms with Crippen LogP contribution in [0.25, 0.3) is 5.69 Å². The second-order valence-corrected chi connectivity index (χ2v) is 10.6. The van der Waals surface area contributed by atoms with E-state index in [2.05, 4.69) is 10.4 Å². The summed E-state index contributed by atoms with van der Waals surface area (Å²) < 4.78 is 12.1. The fourth-order valence-electron chi connectivity index (χ4n) is 4.78. The van der Waals surface area contributed by atoms with Crippen LogP contribution in [-0.4, -0.2) is 46.9 Å². The lowest BCUT2D eigenvalue weighted by atomic mass is 10.0. The van der Waals surface area contributed by atoms with E-state index in [1.165, 1.54) is 4.68 Å². The van der Waals surface area contributed by atoms with E-state index >= 15 is 0 Å². The first-order valence-electron chi connectivity index (χ1n) is 12.5. The molecular weight excluding hydrogens is 486 g/mol. The van der Waals surface area contributed by atoms with Gasteiger partial charge in [-0.25, -0.2) is 9.48 Å². The van der Waals surface area contributed by atoms with Crippen LogP contribution in [0.1, 0.15) is 65.7 Å². The minimum Gasteiger partial charge on any atom is -0.497 e. The first-order chi connectivity index (χ1) is 18.0. The Morgan fingerprint density at radius 3 is 2.21 bits per heavy atom. The SMILES string of the molecule is COc1ccc(-n2nc(C(N)=O)c3c2C(=O)N(c2ccc(C4(NC(=O)OC(C)(C)C)CC4)cc2)CC3)cc1. The van der Waals surface area contributed by atoms with Gasteiger partial charge in [0.05, 0.1) is 18.3 Å². The third-order valence-electron chi connectivity index (χ3n) is 6.79. The van der Waals surface area contributed by atoms with E-state index in [1.54, 1.807) is 36.3 Å². The predicted octanol–water partition coefficient (Wildman–Crippen LogP) is 3.70. The van der Waals surface area contributed by atoms with E-state index in [-0.39, 0.29) is 11.6 Å². The lowest BCUT2D eigenvalue weighted by molar-refractivity contribution is 0.0494. The van der Waals surface area contributed by atoms with Crippen molar-refractivity contribution < 1.29 is 23.9 Å². The fourth-order valence-corrected chi connectivity index (χ4v) is 4.78. The smallest absolute Gasteiger partial charge is 0.408 e. The van der Waals surface area contributed by atoms with Crippen molar-refractivity contribution in [1.82, 2.24) is 15.1 Å². The van der Waals surface area contributed by atoms with Crippen molar-refractivity contribution in [3.05, 3.63) is 71.0 Å². The lowest BCUT2D eigenvalue weighted by Crippen LogP contribution is -2.40. The quantitative estimate of drug-likeness (QED) is 0.513. The van der Waals surface area contributed by atoms with Crippen LogP contribution in [0, 0.1) is 0 Å². The molecule has 0 spiro atoms. The van der Waals surface area contributed by atoms with Crippen LogP contribution in [0.3, 0.4) is 0 Å². The molecule has 2 heterocycles. The molecule has 1 aromatic heterocycles. The molecule has 1 aliphatic heterocycles. The largest absolute Gasteiger partial charge is 0.497 e. The molecule has 5 rings (SSSR count). The molecule has 0 saturated heterocycles. The minimum absolute atomic E-state index is 0.100. The summed E-state index contributed by atoms with van der Waals surface area (Å²) in [6.07, 6.45) is 1.61. The Kier molecular flexibility index (Phi) is 6.13. The Morgan fingerprint density at radius 2 is 1.66 bits per heavy atom. The zero-order valence-corrected chi connectivity index (χ0v) is 21.9. The van der Waals surface area contributed by atoms with Crippen molar-refractivity contribution in [3.63, 3.8) is 0 Å². The van der Waals surface area contributed by atoms with Crippen LogP contribution in [0.5, 0.6) is 5.75 Å². The highest BCUT2D eigenvalue weighted by atomic mass is 16.6. The Bertz CT molecular complexity index is 1400. The molecule has 1 aliphatic carbocycles. The number of ether oxygens (including phenoxy) is 2. The van der Waals surface area contributed by atoms with Crippen LogP contribution in [-0.2, 0) is 16.7 Å². The van der Waals surface area contributed by atoms with E-state index in [9.17, 15) is 14.4 Å². The van der Waals surface area contributed by atoms with Crippen LogP contribution >= 0.6 is 0 Å². The minimum atomic E-state index is -0.675. The molecule has 1 fully saturated rings. The number of anilines is 1. The Hall–Kier alpha value is -4.34. The standard InChI is InChI=1S/C28H31N5O5/c1-27(2,3)38-26(36)30-28(14-15-28)17-5-7-18(8-6-17)32-16-13-21-22(24(29)34)31-33(23(21)25(32)35)19-9-11-20(37-4)12-10-19/h5-12H,13-16H2,1-4H3,(H2,29,34)(H,30,36). The number of nitrogens with two attached hydrogens (primary N) is 1. The van der Waals surface area contributed by atoms with Gasteiger partial charge in [0, 0.05) is 17.8 Å². The maximum atomic E-state index is 13.8. The van der Waals surface area contributed by atoms with Crippen molar-refractivity contribution in [2.75, 3.05) is 18.6 Å². The summed E-state index contributed by atoms with van der Waals surface area (Å²) in [5.41, 5.74) is 7.80. The van der Waals surface area contributed by atoms with Gasteiger partial charge in [0.25, 0.3) is 11.8 Å². The van der Waals surface area contributed by atoms with Crippen LogP contribution in [0.4, 0.5) is 10.5 Å². The average Bonchev–Trinajstić information content (AvgIpc) is 3.53. The summed E-state index contributed by atoms with van der Waals surface area (Å²) in [5, 5.41) is 7.41. The number of hydrogen-bond donors (Lipinski definition) is 2. The number of nitrogens with one attached hydrogen (secondary N) is 1. The molecular formula is C28H31N5O5. The molecule has 3 amide bonds. The number of aromatic nitrogens is 2. The van der Waals surface area contributed by atoms with Crippen molar-refractivity contribution in [3.8, 4) is 11.4 Å². The maximum absolute atomic E-state index is 13.8. The third kappa shape index (κ3) is 4.69. The number of amides is 3. The molecule has 0 radical (unpaired) electrons. The van der Waals surface area contributed by atoms with Gasteiger partial charge >= 0.3 is 6.09 Å². The second-order valence-electron chi connectivity index (χ2n) is 10.6. The second kappa shape index (κ2) is 9.20. The van der Waals surface area contributed by atoms with Gasteiger partial charge in [-0.05, 0) is 82.0 Å². The first-order valence-corrected chi connectivity index (χ1v) is 12.5. The van der Waals surface area contributed by atoms with Crippen LogP contribution in [0.2, 0.25) is 0 Å². The summed E-state index contributed by atoms with van der Waals surface area (Å²) in [7, 11) is 1.57. The van der Waals surface area contributed by atoms with Gasteiger partial charge in [0.15, 0.2) is 5.69 Å². The summed E-state index contributed by atoms with van der Waals surface area (Å²) in [6, 6.07) is 14.7. The zero-order valence-electron chi connectivity index (χ0n) is 21.9. The molecule has 2 aromatic carbocycles. The molecule has 3 aromatic rings. The van der Waals surface area contributed by atoms with E-state index in [1.807, 2.05) is 45.0 Å². The normalized spacial score (nSPS) is 16.0. The Morgan fingerprint density at radius 1 is 1.03 bits per heavy atom. The summed E-state index contributed by atoms with van der Waals surface area (Å²) in [6.45, 7) is 5.86. The number of carbonyl (C=O) groups excluding carboxylic acids is 3. The summed E-state index contributed by atoms with van der Waals surface area (Å²) >= 11 is 0. The fraction of sp³-hybridized carbons (Fsp3) is 0.357. The highest BCUT2D eigenvalue weighted by Gasteiger charge is 2.46. The monoisotopic (exact) mass is 517 g/mol. The molecule has 0 atom stereocenters. The van der Waals surface area contributed by atoms with Crippen molar-refractivity contribution in [2.24, 2.45) is 5.73 Å². The van der Waals surface area contributed by atoms with Gasteiger partial charge in [-0.1, -0.05) is 12.1 Å². The predicted molar refractivity (Wildman–Crippen MR) is 141 cm³/mol. The number of fused-ring (bicyclic) bond motifs is 1. The van der Waals surface area contributed by atoms with E-state index in [4.69, 9.17) is 15.2 Å². The number of methoxy groups -OCH3 is 1. The molecule has 0 unspecified atom stereocenters. The van der Waals surface area contributed by atoms with E-state index in [0.717, 1.165) is 18.4 Å². The molecule has 10 nitrogen and oxygen atoms in total. The van der Waals surface area contributed by atoms with Gasteiger partial charge in [-0.2, -0.15) is 5.10 Å². The first kappa shape index (κ1) is 25.3. The van der Waals surface area contributed by atoms with Crippen LogP contribution in [0.15, 0.2) is 48.5 Å². The third-order valence-corrected chi connectivity index (χ3v) is 6.79. The lowest BCUT2D eigenvalue weighted by Gasteiger charge is -2.28. The van der Waals surface area contributed by atoms with E-state index < -0.39 is 23.1 Å². The highest BCUT2D eigenvalue weighted by Crippen LogP contribution is 2.46. The number of rotatable bonds is 6. The Labute approximate surface area is 220 Å². The zero-order chi connectivity index (χ0) is 27.2. The van der Waals surface area contributed by atoms with Gasteiger partial charge in [-0.15, -0.1) is 0 Å². The van der Waals surface area contributed by atoms with Crippen molar-refractivity contribution >= 4 is 23.6 Å². The number of carbonyl (C=O) groups is 3. The van der Waals surface area contributed by atoms with E-state index in [0.29, 0.717) is 41.3 Å².